The Morgan fingerprint density at radius 3 is 2.33 bits per heavy atom. The van der Waals surface area contributed by atoms with Gasteiger partial charge in [0.25, 0.3) is 17.7 Å². The number of carbonyl (C=O) groups excluding carboxylic acids is 3. The van der Waals surface area contributed by atoms with Gasteiger partial charge >= 0.3 is 0 Å². The third-order valence-electron chi connectivity index (χ3n) is 5.96. The van der Waals surface area contributed by atoms with E-state index in [0.717, 1.165) is 12.0 Å². The normalized spacial score (nSPS) is 17.8. The summed E-state index contributed by atoms with van der Waals surface area (Å²) in [6.07, 6.45) is 0.890. The molecule has 0 N–H and O–H groups in total. The molecule has 5 rings (SSSR count). The smallest absolute Gasteiger partial charge is 0.261 e. The van der Waals surface area contributed by atoms with Gasteiger partial charge in [-0.2, -0.15) is 0 Å². The zero-order valence-corrected chi connectivity index (χ0v) is 17.3. The molecule has 3 heterocycles. The Bertz CT molecular complexity index is 1130. The lowest BCUT2D eigenvalue weighted by molar-refractivity contribution is 0.0638. The van der Waals surface area contributed by atoms with Crippen LogP contribution in [0.2, 0.25) is 0 Å². The molecule has 5 nitrogen and oxygen atoms in total. The number of nitrogens with zero attached hydrogens (tertiary/aromatic N) is 2. The van der Waals surface area contributed by atoms with E-state index in [2.05, 4.69) is 18.4 Å². The first-order valence-corrected chi connectivity index (χ1v) is 10.8. The van der Waals surface area contributed by atoms with Crippen LogP contribution in [0.15, 0.2) is 60.0 Å². The molecule has 1 unspecified atom stereocenters. The Labute approximate surface area is 178 Å². The predicted octanol–water partition coefficient (Wildman–Crippen LogP) is 4.30. The van der Waals surface area contributed by atoms with Gasteiger partial charge in [-0.05, 0) is 60.2 Å². The van der Waals surface area contributed by atoms with Crippen molar-refractivity contribution in [2.75, 3.05) is 6.54 Å². The average Bonchev–Trinajstić information content (AvgIpc) is 3.34. The van der Waals surface area contributed by atoms with Crippen LogP contribution in [0.1, 0.15) is 60.0 Å². The second-order valence-corrected chi connectivity index (χ2v) is 8.66. The highest BCUT2D eigenvalue weighted by molar-refractivity contribution is 7.10. The van der Waals surface area contributed by atoms with E-state index in [-0.39, 0.29) is 30.3 Å². The maximum absolute atomic E-state index is 13.1. The second-order valence-electron chi connectivity index (χ2n) is 7.66. The lowest BCUT2D eigenvalue weighted by Gasteiger charge is -2.33. The van der Waals surface area contributed by atoms with Crippen LogP contribution in [0.3, 0.4) is 0 Å². The zero-order chi connectivity index (χ0) is 20.8. The van der Waals surface area contributed by atoms with Crippen molar-refractivity contribution in [2.45, 2.75) is 25.9 Å². The van der Waals surface area contributed by atoms with Crippen molar-refractivity contribution < 1.29 is 14.4 Å². The van der Waals surface area contributed by atoms with Gasteiger partial charge in [0.05, 0.1) is 23.7 Å². The average molecular weight is 417 g/mol. The van der Waals surface area contributed by atoms with E-state index in [4.69, 9.17) is 0 Å². The molecule has 30 heavy (non-hydrogen) atoms. The van der Waals surface area contributed by atoms with Crippen molar-refractivity contribution in [1.29, 1.82) is 0 Å². The summed E-state index contributed by atoms with van der Waals surface area (Å²) in [5.41, 5.74) is 3.56. The number of benzene rings is 2. The molecule has 0 bridgehead atoms. The van der Waals surface area contributed by atoms with Crippen LogP contribution in [-0.2, 0) is 13.0 Å². The molecule has 2 aromatic carbocycles. The number of imide groups is 1. The molecule has 1 aromatic heterocycles. The van der Waals surface area contributed by atoms with E-state index in [9.17, 15) is 14.4 Å². The largest absolute Gasteiger partial charge is 0.331 e. The summed E-state index contributed by atoms with van der Waals surface area (Å²) >= 11 is 1.75. The minimum Gasteiger partial charge on any atom is -0.331 e. The second kappa shape index (κ2) is 7.22. The molecule has 0 aliphatic carbocycles. The fourth-order valence-corrected chi connectivity index (χ4v) is 5.23. The van der Waals surface area contributed by atoms with Gasteiger partial charge in [0.1, 0.15) is 0 Å². The number of thiophene rings is 1. The molecule has 0 radical (unpaired) electrons. The van der Waals surface area contributed by atoms with Gasteiger partial charge in [-0.15, -0.1) is 11.3 Å². The topological polar surface area (TPSA) is 57.7 Å². The molecule has 2 aliphatic heterocycles. The van der Waals surface area contributed by atoms with Gasteiger partial charge in [-0.1, -0.05) is 24.3 Å². The van der Waals surface area contributed by atoms with Crippen molar-refractivity contribution in [3.63, 3.8) is 0 Å². The lowest BCUT2D eigenvalue weighted by atomic mass is 10.00. The first-order valence-electron chi connectivity index (χ1n) is 9.96. The van der Waals surface area contributed by atoms with Gasteiger partial charge < -0.3 is 4.90 Å². The summed E-state index contributed by atoms with van der Waals surface area (Å²) in [7, 11) is 0. The molecule has 150 valence electrons. The van der Waals surface area contributed by atoms with Crippen LogP contribution in [-0.4, -0.2) is 34.1 Å². The molecule has 0 fully saturated rings. The number of carbonyl (C=O) groups is 3. The molecule has 0 saturated carbocycles. The van der Waals surface area contributed by atoms with Gasteiger partial charge in [-0.25, -0.2) is 0 Å². The molecular weight excluding hydrogens is 396 g/mol. The fraction of sp³-hybridized carbons (Fsp3) is 0.208. The number of amides is 3. The van der Waals surface area contributed by atoms with E-state index >= 15 is 0 Å². The molecule has 1 atom stereocenters. The van der Waals surface area contributed by atoms with Crippen molar-refractivity contribution in [2.24, 2.45) is 0 Å². The summed E-state index contributed by atoms with van der Waals surface area (Å²) in [6.45, 7) is 2.97. The maximum Gasteiger partial charge on any atom is 0.261 e. The molecular formula is C24H20N2O3S. The Balaban J connectivity index is 1.31. The molecule has 3 amide bonds. The van der Waals surface area contributed by atoms with Crippen LogP contribution in [0, 0.1) is 0 Å². The highest BCUT2D eigenvalue weighted by Gasteiger charge is 2.35. The molecule has 0 spiro atoms. The monoisotopic (exact) mass is 416 g/mol. The van der Waals surface area contributed by atoms with E-state index in [1.165, 1.54) is 15.3 Å². The Hall–Kier alpha value is -3.25. The number of hydrogen-bond acceptors (Lipinski definition) is 4. The summed E-state index contributed by atoms with van der Waals surface area (Å²) in [5.74, 6) is -0.541. The third-order valence-corrected chi connectivity index (χ3v) is 6.95. The summed E-state index contributed by atoms with van der Waals surface area (Å²) in [5, 5.41) is 2.09. The SMILES string of the molecule is CC1c2ccsc2CCN1C(=O)c1ccc(CN2C(=O)c3ccccc3C2=O)cc1. The summed E-state index contributed by atoms with van der Waals surface area (Å²) in [4.78, 5) is 42.7. The molecule has 0 saturated heterocycles. The van der Waals surface area contributed by atoms with Crippen LogP contribution < -0.4 is 0 Å². The highest BCUT2D eigenvalue weighted by atomic mass is 32.1. The van der Waals surface area contributed by atoms with Crippen LogP contribution >= 0.6 is 11.3 Å². The summed E-state index contributed by atoms with van der Waals surface area (Å²) < 4.78 is 0. The van der Waals surface area contributed by atoms with Gasteiger partial charge in [0.15, 0.2) is 0 Å². The maximum atomic E-state index is 13.1. The predicted molar refractivity (Wildman–Crippen MR) is 115 cm³/mol. The number of rotatable bonds is 3. The fourth-order valence-electron chi connectivity index (χ4n) is 4.27. The quantitative estimate of drug-likeness (QED) is 0.598. The van der Waals surface area contributed by atoms with Gasteiger partial charge in [-0.3, -0.25) is 19.3 Å². The standard InChI is InChI=1S/C24H20N2O3S/c1-15-18-11-13-30-21(18)10-12-25(15)22(27)17-8-6-16(7-9-17)14-26-23(28)19-4-2-3-5-20(19)24(26)29/h2-9,11,13,15H,10,12,14H2,1H3. The van der Waals surface area contributed by atoms with E-state index in [1.807, 2.05) is 17.0 Å². The number of fused-ring (bicyclic) bond motifs is 2. The van der Waals surface area contributed by atoms with Crippen molar-refractivity contribution in [1.82, 2.24) is 9.80 Å². The highest BCUT2D eigenvalue weighted by Crippen LogP contribution is 2.33. The third kappa shape index (κ3) is 2.95. The first-order chi connectivity index (χ1) is 14.5. The zero-order valence-electron chi connectivity index (χ0n) is 16.5. The van der Waals surface area contributed by atoms with Crippen molar-refractivity contribution in [3.05, 3.63) is 92.7 Å². The van der Waals surface area contributed by atoms with Crippen LogP contribution in [0.4, 0.5) is 0 Å². The molecule has 2 aliphatic rings. The van der Waals surface area contributed by atoms with Crippen molar-refractivity contribution >= 4 is 29.1 Å². The molecule has 6 heteroatoms. The Morgan fingerprint density at radius 2 is 1.67 bits per heavy atom. The minimum atomic E-state index is -0.274. The van der Waals surface area contributed by atoms with E-state index < -0.39 is 0 Å². The Morgan fingerprint density at radius 1 is 1.00 bits per heavy atom. The van der Waals surface area contributed by atoms with Crippen LogP contribution in [0.25, 0.3) is 0 Å². The Kier molecular flexibility index (Phi) is 4.51. The van der Waals surface area contributed by atoms with E-state index in [1.54, 1.807) is 47.7 Å². The van der Waals surface area contributed by atoms with E-state index in [0.29, 0.717) is 23.2 Å². The minimum absolute atomic E-state index is 0.00614. The van der Waals surface area contributed by atoms with Crippen molar-refractivity contribution in [3.8, 4) is 0 Å². The lowest BCUT2D eigenvalue weighted by Crippen LogP contribution is -2.38. The molecule has 3 aromatic rings. The first kappa shape index (κ1) is 18.8. The van der Waals surface area contributed by atoms with Gasteiger partial charge in [0.2, 0.25) is 0 Å². The van der Waals surface area contributed by atoms with Gasteiger partial charge in [0, 0.05) is 17.0 Å². The number of hydrogen-bond donors (Lipinski definition) is 0. The summed E-state index contributed by atoms with van der Waals surface area (Å²) in [6, 6.07) is 16.2. The van der Waals surface area contributed by atoms with Crippen LogP contribution in [0.5, 0.6) is 0 Å².